The molecular weight excluding hydrogens is 503 g/mol. The number of halogens is 2. The van der Waals surface area contributed by atoms with Gasteiger partial charge in [-0.3, -0.25) is 19.2 Å². The summed E-state index contributed by atoms with van der Waals surface area (Å²) in [5.41, 5.74) is 1.67. The molecule has 3 amide bonds. The van der Waals surface area contributed by atoms with Crippen molar-refractivity contribution in [1.29, 1.82) is 0 Å². The van der Waals surface area contributed by atoms with Crippen molar-refractivity contribution < 1.29 is 23.9 Å². The number of hydrogen-bond donors (Lipinski definition) is 0. The molecule has 2 aromatic carbocycles. The van der Waals surface area contributed by atoms with Gasteiger partial charge >= 0.3 is 5.97 Å². The summed E-state index contributed by atoms with van der Waals surface area (Å²) in [5, 5.41) is 0.589. The lowest BCUT2D eigenvalue weighted by Crippen LogP contribution is -2.33. The van der Waals surface area contributed by atoms with Crippen molar-refractivity contribution in [3.05, 3.63) is 52.0 Å². The lowest BCUT2D eigenvalue weighted by atomic mass is 9.81. The largest absolute Gasteiger partial charge is 0.426 e. The zero-order valence-corrected chi connectivity index (χ0v) is 21.1. The van der Waals surface area contributed by atoms with Crippen LogP contribution >= 0.6 is 23.2 Å². The van der Waals surface area contributed by atoms with Crippen molar-refractivity contribution in [2.24, 2.45) is 29.6 Å². The monoisotopic (exact) mass is 526 g/mol. The van der Waals surface area contributed by atoms with Crippen LogP contribution in [0.3, 0.4) is 0 Å². The Morgan fingerprint density at radius 1 is 0.972 bits per heavy atom. The number of carbonyl (C=O) groups is 4. The lowest BCUT2D eigenvalue weighted by Gasteiger charge is -2.20. The zero-order valence-electron chi connectivity index (χ0n) is 19.6. The number of rotatable bonds is 4. The molecule has 36 heavy (non-hydrogen) atoms. The van der Waals surface area contributed by atoms with Gasteiger partial charge in [-0.2, -0.15) is 0 Å². The van der Waals surface area contributed by atoms with Gasteiger partial charge in [-0.05, 0) is 73.9 Å². The van der Waals surface area contributed by atoms with Crippen LogP contribution in [0.1, 0.15) is 31.2 Å². The molecule has 7 nitrogen and oxygen atoms in total. The van der Waals surface area contributed by atoms with E-state index in [0.717, 1.165) is 19.3 Å². The van der Waals surface area contributed by atoms with E-state index in [1.54, 1.807) is 43.3 Å². The van der Waals surface area contributed by atoms with Crippen molar-refractivity contribution in [2.75, 3.05) is 16.3 Å². The van der Waals surface area contributed by atoms with E-state index in [0.29, 0.717) is 39.5 Å². The van der Waals surface area contributed by atoms with Crippen LogP contribution in [0.5, 0.6) is 5.75 Å². The number of ether oxygens (including phenoxy) is 1. The standard InChI is InChI=1S/C27H24Cl2N2O5/c1-13-9-17(7-8-19(13)31-25(33)22-14-5-6-15(10-14)23(22)26(31)34)36-27(35)16-11-21(32)30(12-16)20-4-2-3-18(28)24(20)29/h2-4,7-9,14-16,22-23H,5-6,10-12H2,1H3/t14-,15-,16-,22-,23+/m0/s1. The van der Waals surface area contributed by atoms with E-state index in [1.807, 2.05) is 0 Å². The number of anilines is 2. The molecule has 0 radical (unpaired) electrons. The second-order valence-electron chi connectivity index (χ2n) is 10.2. The van der Waals surface area contributed by atoms with Crippen LogP contribution in [0.2, 0.25) is 10.0 Å². The van der Waals surface area contributed by atoms with Crippen molar-refractivity contribution >= 4 is 58.3 Å². The smallest absolute Gasteiger partial charge is 0.316 e. The molecule has 2 aliphatic carbocycles. The van der Waals surface area contributed by atoms with Crippen molar-refractivity contribution in [3.8, 4) is 5.75 Å². The maximum Gasteiger partial charge on any atom is 0.316 e. The number of fused-ring (bicyclic) bond motifs is 5. The Morgan fingerprint density at radius 3 is 2.33 bits per heavy atom. The second kappa shape index (κ2) is 8.60. The van der Waals surface area contributed by atoms with Crippen LogP contribution in [0.25, 0.3) is 0 Å². The second-order valence-corrected chi connectivity index (χ2v) is 11.0. The molecule has 2 aromatic rings. The van der Waals surface area contributed by atoms with E-state index in [2.05, 4.69) is 0 Å². The quantitative estimate of drug-likeness (QED) is 0.324. The van der Waals surface area contributed by atoms with Crippen LogP contribution in [0, 0.1) is 36.5 Å². The number of imide groups is 1. The molecule has 9 heteroatoms. The molecule has 4 fully saturated rings. The van der Waals surface area contributed by atoms with Crippen molar-refractivity contribution in [2.45, 2.75) is 32.6 Å². The van der Waals surface area contributed by atoms with Crippen molar-refractivity contribution in [1.82, 2.24) is 0 Å². The highest BCUT2D eigenvalue weighted by atomic mass is 35.5. The Balaban J connectivity index is 1.16. The summed E-state index contributed by atoms with van der Waals surface area (Å²) in [4.78, 5) is 54.6. The highest BCUT2D eigenvalue weighted by Crippen LogP contribution is 2.56. The van der Waals surface area contributed by atoms with Gasteiger partial charge in [0.2, 0.25) is 17.7 Å². The number of amides is 3. The first kappa shape index (κ1) is 23.5. The van der Waals surface area contributed by atoms with E-state index in [1.165, 1.54) is 9.80 Å². The molecule has 0 unspecified atom stereocenters. The van der Waals surface area contributed by atoms with E-state index >= 15 is 0 Å². The molecule has 2 aliphatic heterocycles. The van der Waals surface area contributed by atoms with Crippen LogP contribution in [0.4, 0.5) is 11.4 Å². The predicted molar refractivity (Wildman–Crippen MR) is 134 cm³/mol. The molecule has 2 bridgehead atoms. The predicted octanol–water partition coefficient (Wildman–Crippen LogP) is 4.80. The minimum Gasteiger partial charge on any atom is -0.426 e. The van der Waals surface area contributed by atoms with Gasteiger partial charge in [0.15, 0.2) is 0 Å². The Labute approximate surface area is 218 Å². The summed E-state index contributed by atoms with van der Waals surface area (Å²) in [6.45, 7) is 1.93. The lowest BCUT2D eigenvalue weighted by molar-refractivity contribution is -0.139. The minimum atomic E-state index is -0.663. The average Bonchev–Trinajstić information content (AvgIpc) is 3.60. The fourth-order valence-electron chi connectivity index (χ4n) is 6.59. The maximum atomic E-state index is 13.2. The third-order valence-corrected chi connectivity index (χ3v) is 9.04. The third-order valence-electron chi connectivity index (χ3n) is 8.24. The van der Waals surface area contributed by atoms with Gasteiger partial charge in [-0.15, -0.1) is 0 Å². The van der Waals surface area contributed by atoms with E-state index in [-0.39, 0.29) is 47.5 Å². The highest BCUT2D eigenvalue weighted by Gasteiger charge is 2.61. The first-order valence-corrected chi connectivity index (χ1v) is 12.9. The van der Waals surface area contributed by atoms with E-state index < -0.39 is 11.9 Å². The normalized spacial score (nSPS) is 28.9. The summed E-state index contributed by atoms with van der Waals surface area (Å²) < 4.78 is 5.59. The molecule has 186 valence electrons. The van der Waals surface area contributed by atoms with Gasteiger partial charge in [0.05, 0.1) is 39.2 Å². The molecule has 2 saturated heterocycles. The van der Waals surface area contributed by atoms with Gasteiger partial charge in [0, 0.05) is 13.0 Å². The fourth-order valence-corrected chi connectivity index (χ4v) is 6.98. The number of nitrogens with zero attached hydrogens (tertiary/aromatic N) is 2. The van der Waals surface area contributed by atoms with Crippen LogP contribution < -0.4 is 14.5 Å². The van der Waals surface area contributed by atoms with Gasteiger partial charge in [0.25, 0.3) is 0 Å². The molecule has 2 heterocycles. The molecule has 0 N–H and O–H groups in total. The first-order valence-electron chi connectivity index (χ1n) is 12.2. The number of benzene rings is 2. The first-order chi connectivity index (χ1) is 17.2. The van der Waals surface area contributed by atoms with Gasteiger partial charge in [-0.25, -0.2) is 4.90 Å². The third kappa shape index (κ3) is 3.55. The Kier molecular flexibility index (Phi) is 5.61. The van der Waals surface area contributed by atoms with E-state index in [4.69, 9.17) is 27.9 Å². The van der Waals surface area contributed by atoms with Crippen LogP contribution in [0.15, 0.2) is 36.4 Å². The minimum absolute atomic E-state index is 0.000628. The summed E-state index contributed by atoms with van der Waals surface area (Å²) in [5.74, 6) is -1.09. The topological polar surface area (TPSA) is 84.0 Å². The molecule has 4 aliphatic rings. The summed E-state index contributed by atoms with van der Waals surface area (Å²) in [7, 11) is 0. The van der Waals surface area contributed by atoms with Gasteiger partial charge < -0.3 is 9.64 Å². The molecule has 2 saturated carbocycles. The molecule has 6 rings (SSSR count). The molecular formula is C27H24Cl2N2O5. The van der Waals surface area contributed by atoms with Crippen molar-refractivity contribution in [3.63, 3.8) is 0 Å². The average molecular weight is 527 g/mol. The summed E-state index contributed by atoms with van der Waals surface area (Å²) >= 11 is 12.3. The Hall–Kier alpha value is -2.90. The Bertz CT molecular complexity index is 1300. The highest BCUT2D eigenvalue weighted by molar-refractivity contribution is 6.44. The number of esters is 1. The zero-order chi connectivity index (χ0) is 25.3. The molecule has 0 aromatic heterocycles. The maximum absolute atomic E-state index is 13.2. The van der Waals surface area contributed by atoms with Crippen LogP contribution in [-0.2, 0) is 19.2 Å². The molecule has 0 spiro atoms. The number of carbonyl (C=O) groups excluding carboxylic acids is 4. The fraction of sp³-hybridized carbons (Fsp3) is 0.407. The van der Waals surface area contributed by atoms with Crippen LogP contribution in [-0.4, -0.2) is 30.2 Å². The SMILES string of the molecule is Cc1cc(OC(=O)[C@H]2CC(=O)N(c3cccc(Cl)c3Cl)C2)ccc1N1C(=O)[C@@H]2[C@H]3CC[C@@H](C3)[C@@H]2C1=O. The van der Waals surface area contributed by atoms with Gasteiger partial charge in [-0.1, -0.05) is 29.3 Å². The summed E-state index contributed by atoms with van der Waals surface area (Å²) in [6.07, 6.45) is 3.04. The van der Waals surface area contributed by atoms with E-state index in [9.17, 15) is 19.2 Å². The number of hydrogen-bond acceptors (Lipinski definition) is 5. The number of aryl methyl sites for hydroxylation is 1. The van der Waals surface area contributed by atoms with Gasteiger partial charge in [0.1, 0.15) is 5.75 Å². The molecule has 5 atom stereocenters. The summed E-state index contributed by atoms with van der Waals surface area (Å²) in [6, 6.07) is 9.91. The Morgan fingerprint density at radius 2 is 1.67 bits per heavy atom.